The molecule has 0 aliphatic carbocycles. The fraction of sp³-hybridized carbons (Fsp3) is 0.588. The number of anilines is 1. The normalized spacial score (nSPS) is 14.2. The molecule has 1 aromatic rings. The Hall–Kier alpha value is -1.56. The topological polar surface area (TPSA) is 66.5 Å². The zero-order valence-corrected chi connectivity index (χ0v) is 15.7. The molecule has 1 N–H and O–H groups in total. The lowest BCUT2D eigenvalue weighted by Crippen LogP contribution is -2.49. The molecular weight excluding hydrogens is 312 g/mol. The number of hydrogen-bond acceptors (Lipinski definition) is 3. The van der Waals surface area contributed by atoms with Crippen LogP contribution < -0.4 is 9.62 Å². The van der Waals surface area contributed by atoms with Gasteiger partial charge in [-0.05, 0) is 57.4 Å². The van der Waals surface area contributed by atoms with E-state index in [-0.39, 0.29) is 11.9 Å². The van der Waals surface area contributed by atoms with Crippen molar-refractivity contribution in [2.24, 2.45) is 0 Å². The van der Waals surface area contributed by atoms with Gasteiger partial charge in [0.1, 0.15) is 6.04 Å². The van der Waals surface area contributed by atoms with Crippen LogP contribution in [0.1, 0.15) is 44.7 Å². The molecule has 0 aliphatic rings. The number of sulfonamides is 1. The maximum absolute atomic E-state index is 12.4. The van der Waals surface area contributed by atoms with Crippen molar-refractivity contribution in [3.05, 3.63) is 29.3 Å². The summed E-state index contributed by atoms with van der Waals surface area (Å²) >= 11 is 0. The predicted octanol–water partition coefficient (Wildman–Crippen LogP) is 2.76. The summed E-state index contributed by atoms with van der Waals surface area (Å²) in [6.07, 6.45) is 2.95. The summed E-state index contributed by atoms with van der Waals surface area (Å²) in [5, 5.41) is 2.89. The molecule has 0 unspecified atom stereocenters. The summed E-state index contributed by atoms with van der Waals surface area (Å²) in [5.74, 6) is -0.282. The van der Waals surface area contributed by atoms with Gasteiger partial charge in [-0.3, -0.25) is 9.10 Å². The summed E-state index contributed by atoms with van der Waals surface area (Å²) in [4.78, 5) is 12.4. The second-order valence-corrected chi connectivity index (χ2v) is 8.14. The van der Waals surface area contributed by atoms with Crippen molar-refractivity contribution in [1.29, 1.82) is 0 Å². The Balaban J connectivity index is 3.14. The number of nitrogens with one attached hydrogen (secondary N) is 1. The third-order valence-electron chi connectivity index (χ3n) is 3.66. The quantitative estimate of drug-likeness (QED) is 0.830. The first kappa shape index (κ1) is 19.5. The summed E-state index contributed by atoms with van der Waals surface area (Å²) in [5.41, 5.74) is 2.44. The molecular formula is C17H28N2O3S. The standard InChI is InChI=1S/C17H28N2O3S/c1-7-8-14(4)18-17(20)15(5)19(23(6,21)22)16-10-12(2)9-13(3)11-16/h9-11,14-15H,7-8H2,1-6H3,(H,18,20)/t14-,15-/m1/s1. The van der Waals surface area contributed by atoms with Crippen LogP contribution in [0.5, 0.6) is 0 Å². The molecule has 2 atom stereocenters. The van der Waals surface area contributed by atoms with Gasteiger partial charge in [0.2, 0.25) is 15.9 Å². The third kappa shape index (κ3) is 5.53. The lowest BCUT2D eigenvalue weighted by atomic mass is 10.1. The van der Waals surface area contributed by atoms with Gasteiger partial charge >= 0.3 is 0 Å². The van der Waals surface area contributed by atoms with Gasteiger partial charge < -0.3 is 5.32 Å². The maximum Gasteiger partial charge on any atom is 0.243 e. The second kappa shape index (κ2) is 7.81. The zero-order valence-electron chi connectivity index (χ0n) is 14.9. The molecule has 23 heavy (non-hydrogen) atoms. The molecule has 0 saturated heterocycles. The van der Waals surface area contributed by atoms with Crippen molar-refractivity contribution < 1.29 is 13.2 Å². The number of carbonyl (C=O) groups is 1. The Kier molecular flexibility index (Phi) is 6.62. The molecule has 0 spiro atoms. The van der Waals surface area contributed by atoms with E-state index >= 15 is 0 Å². The van der Waals surface area contributed by atoms with Crippen molar-refractivity contribution in [2.45, 2.75) is 59.5 Å². The highest BCUT2D eigenvalue weighted by atomic mass is 32.2. The van der Waals surface area contributed by atoms with E-state index < -0.39 is 16.1 Å². The van der Waals surface area contributed by atoms with E-state index in [4.69, 9.17) is 0 Å². The van der Waals surface area contributed by atoms with Crippen LogP contribution in [0.15, 0.2) is 18.2 Å². The second-order valence-electron chi connectivity index (χ2n) is 6.28. The minimum atomic E-state index is -3.57. The van der Waals surface area contributed by atoms with Gasteiger partial charge in [0.15, 0.2) is 0 Å². The van der Waals surface area contributed by atoms with E-state index in [2.05, 4.69) is 5.32 Å². The van der Waals surface area contributed by atoms with E-state index in [0.29, 0.717) is 5.69 Å². The molecule has 0 radical (unpaired) electrons. The van der Waals surface area contributed by atoms with Crippen LogP contribution in [0, 0.1) is 13.8 Å². The van der Waals surface area contributed by atoms with E-state index in [1.54, 1.807) is 19.1 Å². The van der Waals surface area contributed by atoms with Crippen LogP contribution >= 0.6 is 0 Å². The Morgan fingerprint density at radius 1 is 1.17 bits per heavy atom. The number of nitrogens with zero attached hydrogens (tertiary/aromatic N) is 1. The molecule has 6 heteroatoms. The SMILES string of the molecule is CCC[C@@H](C)NC(=O)[C@@H](C)N(c1cc(C)cc(C)c1)S(C)(=O)=O. The zero-order chi connectivity index (χ0) is 17.8. The first-order valence-corrected chi connectivity index (χ1v) is 9.79. The van der Waals surface area contributed by atoms with E-state index in [0.717, 1.165) is 30.2 Å². The van der Waals surface area contributed by atoms with Gasteiger partial charge in [0.25, 0.3) is 0 Å². The van der Waals surface area contributed by atoms with Gasteiger partial charge in [-0.15, -0.1) is 0 Å². The van der Waals surface area contributed by atoms with Crippen LogP contribution in [0.4, 0.5) is 5.69 Å². The molecule has 0 fully saturated rings. The highest BCUT2D eigenvalue weighted by Crippen LogP contribution is 2.24. The highest BCUT2D eigenvalue weighted by molar-refractivity contribution is 7.92. The number of hydrogen-bond donors (Lipinski definition) is 1. The third-order valence-corrected chi connectivity index (χ3v) is 4.90. The number of amides is 1. The number of rotatable bonds is 7. The minimum Gasteiger partial charge on any atom is -0.352 e. The molecule has 1 amide bonds. The van der Waals surface area contributed by atoms with Crippen molar-refractivity contribution in [3.8, 4) is 0 Å². The van der Waals surface area contributed by atoms with E-state index in [1.807, 2.05) is 33.8 Å². The lowest BCUT2D eigenvalue weighted by molar-refractivity contribution is -0.122. The summed E-state index contributed by atoms with van der Waals surface area (Å²) in [6.45, 7) is 9.41. The highest BCUT2D eigenvalue weighted by Gasteiger charge is 2.29. The summed E-state index contributed by atoms with van der Waals surface area (Å²) in [7, 11) is -3.57. The smallest absolute Gasteiger partial charge is 0.243 e. The minimum absolute atomic E-state index is 0.0237. The lowest BCUT2D eigenvalue weighted by Gasteiger charge is -2.29. The molecule has 0 bridgehead atoms. The van der Waals surface area contributed by atoms with Crippen LogP contribution in [-0.4, -0.2) is 32.7 Å². The van der Waals surface area contributed by atoms with E-state index in [1.165, 1.54) is 4.31 Å². The van der Waals surface area contributed by atoms with Crippen LogP contribution in [0.25, 0.3) is 0 Å². The fourth-order valence-corrected chi connectivity index (χ4v) is 3.91. The van der Waals surface area contributed by atoms with Crippen molar-refractivity contribution in [1.82, 2.24) is 5.32 Å². The average Bonchev–Trinajstić information content (AvgIpc) is 2.35. The molecule has 1 aromatic carbocycles. The van der Waals surface area contributed by atoms with Crippen LogP contribution in [-0.2, 0) is 14.8 Å². The summed E-state index contributed by atoms with van der Waals surface area (Å²) < 4.78 is 25.7. The number of aryl methyl sites for hydroxylation is 2. The van der Waals surface area contributed by atoms with Crippen molar-refractivity contribution in [3.63, 3.8) is 0 Å². The van der Waals surface area contributed by atoms with E-state index in [9.17, 15) is 13.2 Å². The number of carbonyl (C=O) groups excluding carboxylic acids is 1. The van der Waals surface area contributed by atoms with Crippen molar-refractivity contribution >= 4 is 21.6 Å². The molecule has 0 aromatic heterocycles. The largest absolute Gasteiger partial charge is 0.352 e. The van der Waals surface area contributed by atoms with Crippen LogP contribution in [0.2, 0.25) is 0 Å². The van der Waals surface area contributed by atoms with Gasteiger partial charge in [0, 0.05) is 6.04 Å². The van der Waals surface area contributed by atoms with Crippen LogP contribution in [0.3, 0.4) is 0 Å². The monoisotopic (exact) mass is 340 g/mol. The molecule has 0 aliphatic heterocycles. The van der Waals surface area contributed by atoms with Gasteiger partial charge in [-0.25, -0.2) is 8.42 Å². The Bertz CT molecular complexity index is 636. The molecule has 5 nitrogen and oxygen atoms in total. The van der Waals surface area contributed by atoms with Gasteiger partial charge in [-0.2, -0.15) is 0 Å². The van der Waals surface area contributed by atoms with Gasteiger partial charge in [-0.1, -0.05) is 19.4 Å². The Morgan fingerprint density at radius 3 is 2.13 bits per heavy atom. The first-order valence-electron chi connectivity index (χ1n) is 7.94. The molecule has 0 heterocycles. The number of benzene rings is 1. The first-order chi connectivity index (χ1) is 10.6. The fourth-order valence-electron chi connectivity index (χ4n) is 2.76. The average molecular weight is 340 g/mol. The molecule has 1 rings (SSSR count). The Labute approximate surface area is 140 Å². The predicted molar refractivity (Wildman–Crippen MR) is 95.2 cm³/mol. The maximum atomic E-state index is 12.4. The molecule has 0 saturated carbocycles. The Morgan fingerprint density at radius 2 is 1.70 bits per heavy atom. The molecule has 130 valence electrons. The van der Waals surface area contributed by atoms with Crippen molar-refractivity contribution in [2.75, 3.05) is 10.6 Å². The summed E-state index contributed by atoms with van der Waals surface area (Å²) in [6, 6.07) is 4.76. The van der Waals surface area contributed by atoms with Gasteiger partial charge in [0.05, 0.1) is 11.9 Å².